The van der Waals surface area contributed by atoms with Crippen molar-refractivity contribution in [3.8, 4) is 0 Å². The van der Waals surface area contributed by atoms with Gasteiger partial charge in [-0.25, -0.2) is 17.1 Å². The molecule has 1 N–H and O–H groups in total. The Labute approximate surface area is 228 Å². The van der Waals surface area contributed by atoms with Crippen LogP contribution in [0.2, 0.25) is 5.02 Å². The molecule has 37 heavy (non-hydrogen) atoms. The van der Waals surface area contributed by atoms with Gasteiger partial charge in [0, 0.05) is 43.8 Å². The molecule has 0 fully saturated rings. The Bertz CT molecular complexity index is 1480. The fourth-order valence-electron chi connectivity index (χ4n) is 4.06. The number of nitrogens with zero attached hydrogens (tertiary/aromatic N) is 2. The molecule has 0 unspecified atom stereocenters. The average molecular weight is 609 g/mol. The van der Waals surface area contributed by atoms with Gasteiger partial charge in [0.1, 0.15) is 5.82 Å². The van der Waals surface area contributed by atoms with Gasteiger partial charge in [-0.05, 0) is 65.6 Å². The van der Waals surface area contributed by atoms with Crippen molar-refractivity contribution in [1.29, 1.82) is 0 Å². The molecular formula is C26H24BrClFN3O4S. The molecule has 7 nitrogen and oxygen atoms in total. The summed E-state index contributed by atoms with van der Waals surface area (Å²) in [4.78, 5) is 27.4. The van der Waals surface area contributed by atoms with Crippen LogP contribution in [0.3, 0.4) is 0 Å². The van der Waals surface area contributed by atoms with Gasteiger partial charge in [-0.1, -0.05) is 39.7 Å². The smallest absolute Gasteiger partial charge is 0.254 e. The fraction of sp³-hybridized carbons (Fsp3) is 0.231. The molecule has 0 aromatic heterocycles. The standard InChI is InChI=1S/C26H24BrClFN3O4S/c1-31(2)37(35,36)20-7-8-23(28)22(13-20)25(33)30-14-16-3-5-17(6-4-16)26(34)32-10-9-21-18(15-32)11-19(27)12-24(21)29/h3-8,11-13H,9-10,14-15H2,1-2H3,(H,30,33). The predicted molar refractivity (Wildman–Crippen MR) is 142 cm³/mol. The summed E-state index contributed by atoms with van der Waals surface area (Å²) in [6.45, 7) is 0.899. The van der Waals surface area contributed by atoms with E-state index in [2.05, 4.69) is 21.2 Å². The Balaban J connectivity index is 1.41. The van der Waals surface area contributed by atoms with Crippen LogP contribution < -0.4 is 5.32 Å². The zero-order valence-electron chi connectivity index (χ0n) is 20.1. The van der Waals surface area contributed by atoms with Gasteiger partial charge in [0.15, 0.2) is 0 Å². The highest BCUT2D eigenvalue weighted by atomic mass is 79.9. The van der Waals surface area contributed by atoms with E-state index in [1.54, 1.807) is 29.2 Å². The molecule has 1 heterocycles. The SMILES string of the molecule is CN(C)S(=O)(=O)c1ccc(Cl)c(C(=O)NCc2ccc(C(=O)N3CCc4c(F)cc(Br)cc4C3)cc2)c1. The van der Waals surface area contributed by atoms with E-state index in [4.69, 9.17) is 11.6 Å². The minimum atomic E-state index is -3.72. The lowest BCUT2D eigenvalue weighted by molar-refractivity contribution is 0.0733. The number of sulfonamides is 1. The number of amides is 2. The molecule has 11 heteroatoms. The third-order valence-electron chi connectivity index (χ3n) is 6.15. The van der Waals surface area contributed by atoms with Crippen molar-refractivity contribution in [2.24, 2.45) is 0 Å². The second kappa shape index (κ2) is 10.9. The number of nitrogens with one attached hydrogen (secondary N) is 1. The minimum absolute atomic E-state index is 0.0367. The number of hydrogen-bond donors (Lipinski definition) is 1. The molecule has 0 saturated heterocycles. The zero-order valence-corrected chi connectivity index (χ0v) is 23.3. The normalized spacial score (nSPS) is 13.4. The summed E-state index contributed by atoms with van der Waals surface area (Å²) in [6, 6.07) is 14.1. The monoisotopic (exact) mass is 607 g/mol. The molecule has 4 rings (SSSR count). The summed E-state index contributed by atoms with van der Waals surface area (Å²) in [5, 5.41) is 2.86. The number of benzene rings is 3. The van der Waals surface area contributed by atoms with Crippen molar-refractivity contribution in [1.82, 2.24) is 14.5 Å². The number of halogens is 3. The van der Waals surface area contributed by atoms with Crippen LogP contribution in [0, 0.1) is 5.82 Å². The summed E-state index contributed by atoms with van der Waals surface area (Å²) in [6.07, 6.45) is 0.448. The predicted octanol–water partition coefficient (Wildman–Crippen LogP) is 4.62. The Morgan fingerprint density at radius 3 is 2.49 bits per heavy atom. The summed E-state index contributed by atoms with van der Waals surface area (Å²) in [5.74, 6) is -0.950. The van der Waals surface area contributed by atoms with E-state index >= 15 is 0 Å². The lowest BCUT2D eigenvalue weighted by atomic mass is 9.98. The molecule has 194 valence electrons. The highest BCUT2D eigenvalue weighted by Crippen LogP contribution is 2.27. The number of hydrogen-bond acceptors (Lipinski definition) is 4. The first-order valence-electron chi connectivity index (χ1n) is 11.3. The van der Waals surface area contributed by atoms with Gasteiger partial charge in [-0.3, -0.25) is 9.59 Å². The van der Waals surface area contributed by atoms with Crippen molar-refractivity contribution >= 4 is 49.4 Å². The van der Waals surface area contributed by atoms with E-state index < -0.39 is 15.9 Å². The van der Waals surface area contributed by atoms with E-state index in [1.165, 1.54) is 38.4 Å². The molecule has 2 amide bonds. The molecule has 3 aromatic rings. The van der Waals surface area contributed by atoms with Crippen LogP contribution in [0.15, 0.2) is 64.0 Å². The Hall–Kier alpha value is -2.79. The van der Waals surface area contributed by atoms with Gasteiger partial charge in [0.05, 0.1) is 15.5 Å². The van der Waals surface area contributed by atoms with Gasteiger partial charge in [0.2, 0.25) is 10.0 Å². The van der Waals surface area contributed by atoms with Crippen LogP contribution in [0.5, 0.6) is 0 Å². The minimum Gasteiger partial charge on any atom is -0.348 e. The average Bonchev–Trinajstić information content (AvgIpc) is 2.86. The Kier molecular flexibility index (Phi) is 8.03. The fourth-order valence-corrected chi connectivity index (χ4v) is 5.67. The molecule has 1 aliphatic heterocycles. The Morgan fingerprint density at radius 1 is 1.11 bits per heavy atom. The van der Waals surface area contributed by atoms with Gasteiger partial charge in [0.25, 0.3) is 11.8 Å². The van der Waals surface area contributed by atoms with Gasteiger partial charge in [-0.15, -0.1) is 0 Å². The van der Waals surface area contributed by atoms with Gasteiger partial charge >= 0.3 is 0 Å². The maximum atomic E-state index is 14.2. The highest BCUT2D eigenvalue weighted by Gasteiger charge is 2.24. The maximum absolute atomic E-state index is 14.2. The van der Waals surface area contributed by atoms with Crippen LogP contribution in [0.1, 0.15) is 37.4 Å². The quantitative estimate of drug-likeness (QED) is 0.443. The van der Waals surface area contributed by atoms with Gasteiger partial charge < -0.3 is 10.2 Å². The molecule has 0 bridgehead atoms. The Morgan fingerprint density at radius 2 is 1.81 bits per heavy atom. The van der Waals surface area contributed by atoms with Crippen LogP contribution in [0.25, 0.3) is 0 Å². The largest absolute Gasteiger partial charge is 0.348 e. The maximum Gasteiger partial charge on any atom is 0.254 e. The van der Waals surface area contributed by atoms with Crippen LogP contribution in [0.4, 0.5) is 4.39 Å². The van der Waals surface area contributed by atoms with Crippen molar-refractivity contribution in [3.05, 3.63) is 97.7 Å². The molecule has 3 aromatic carbocycles. The van der Waals surface area contributed by atoms with Crippen LogP contribution in [-0.2, 0) is 29.5 Å². The third-order valence-corrected chi connectivity index (χ3v) is 8.75. The van der Waals surface area contributed by atoms with E-state index in [9.17, 15) is 22.4 Å². The van der Waals surface area contributed by atoms with E-state index in [0.29, 0.717) is 35.1 Å². The van der Waals surface area contributed by atoms with Crippen molar-refractivity contribution in [3.63, 3.8) is 0 Å². The zero-order chi connectivity index (χ0) is 26.9. The van der Waals surface area contributed by atoms with Crippen LogP contribution in [-0.4, -0.2) is 50.1 Å². The van der Waals surface area contributed by atoms with Crippen LogP contribution >= 0.6 is 27.5 Å². The number of carbonyl (C=O) groups is 2. The van der Waals surface area contributed by atoms with Crippen molar-refractivity contribution < 1.29 is 22.4 Å². The summed E-state index contributed by atoms with van der Waals surface area (Å²) < 4.78 is 40.7. The molecule has 0 spiro atoms. The van der Waals surface area contributed by atoms with Crippen molar-refractivity contribution in [2.75, 3.05) is 20.6 Å². The second-order valence-corrected chi connectivity index (χ2v) is 12.3. The van der Waals surface area contributed by atoms with Crippen molar-refractivity contribution in [2.45, 2.75) is 24.4 Å². The summed E-state index contributed by atoms with van der Waals surface area (Å²) >= 11 is 9.45. The van der Waals surface area contributed by atoms with E-state index in [0.717, 1.165) is 15.4 Å². The first-order valence-corrected chi connectivity index (χ1v) is 13.9. The first-order chi connectivity index (χ1) is 17.5. The molecule has 0 radical (unpaired) electrons. The number of rotatable bonds is 6. The lowest BCUT2D eigenvalue weighted by Crippen LogP contribution is -2.36. The topological polar surface area (TPSA) is 86.8 Å². The first kappa shape index (κ1) is 27.3. The molecule has 0 saturated carbocycles. The highest BCUT2D eigenvalue weighted by molar-refractivity contribution is 9.10. The lowest BCUT2D eigenvalue weighted by Gasteiger charge is -2.29. The molecule has 1 aliphatic rings. The van der Waals surface area contributed by atoms with Gasteiger partial charge in [-0.2, -0.15) is 0 Å². The number of carbonyl (C=O) groups excluding carboxylic acids is 2. The number of fused-ring (bicyclic) bond motifs is 1. The molecular weight excluding hydrogens is 585 g/mol. The summed E-state index contributed by atoms with van der Waals surface area (Å²) in [7, 11) is -0.914. The van der Waals surface area contributed by atoms with E-state index in [-0.39, 0.29) is 33.8 Å². The summed E-state index contributed by atoms with van der Waals surface area (Å²) in [5.41, 5.74) is 2.70. The molecule has 0 aliphatic carbocycles. The molecule has 0 atom stereocenters. The third kappa shape index (κ3) is 5.87. The second-order valence-electron chi connectivity index (χ2n) is 8.81. The van der Waals surface area contributed by atoms with E-state index in [1.807, 2.05) is 6.07 Å².